The van der Waals surface area contributed by atoms with Gasteiger partial charge in [0.05, 0.1) is 0 Å². The SMILES string of the molecule is C(#C[Si](c1ccccc1)(c1ccccc1)c1ccccc1)c1ccccc1CC[Si](c1ccccc1)(c1ccccc1)c1ccccc1. The second-order valence-electron chi connectivity index (χ2n) is 12.3. The molecular formula is C46H38Si2. The molecular weight excluding hydrogens is 609 g/mol. The summed E-state index contributed by atoms with van der Waals surface area (Å²) in [6, 6.07) is 76.4. The van der Waals surface area contributed by atoms with Crippen LogP contribution in [0.25, 0.3) is 0 Å². The molecule has 0 heterocycles. The fourth-order valence-corrected chi connectivity index (χ4v) is 15.9. The molecule has 7 rings (SSSR count). The van der Waals surface area contributed by atoms with E-state index in [4.69, 9.17) is 0 Å². The first-order valence-corrected chi connectivity index (χ1v) is 21.0. The van der Waals surface area contributed by atoms with Crippen molar-refractivity contribution in [3.8, 4) is 11.5 Å². The van der Waals surface area contributed by atoms with Gasteiger partial charge in [-0.25, -0.2) is 0 Å². The lowest BCUT2D eigenvalue weighted by molar-refractivity contribution is 1.10. The highest BCUT2D eigenvalue weighted by Crippen LogP contribution is 2.19. The van der Waals surface area contributed by atoms with Gasteiger partial charge in [-0.2, -0.15) is 0 Å². The molecule has 0 amide bonds. The summed E-state index contributed by atoms with van der Waals surface area (Å²) in [6.45, 7) is 0. The van der Waals surface area contributed by atoms with Crippen LogP contribution >= 0.6 is 0 Å². The Morgan fingerprint density at radius 1 is 0.333 bits per heavy atom. The van der Waals surface area contributed by atoms with Gasteiger partial charge in [-0.15, -0.1) is 5.54 Å². The van der Waals surface area contributed by atoms with E-state index < -0.39 is 16.1 Å². The second kappa shape index (κ2) is 14.5. The fraction of sp³-hybridized carbons (Fsp3) is 0.0435. The van der Waals surface area contributed by atoms with Crippen molar-refractivity contribution >= 4 is 47.3 Å². The third-order valence-electron chi connectivity index (χ3n) is 9.59. The molecule has 0 fully saturated rings. The first kappa shape index (κ1) is 31.1. The number of aryl methyl sites for hydroxylation is 1. The third-order valence-corrected chi connectivity index (χ3v) is 18.6. The van der Waals surface area contributed by atoms with Crippen molar-refractivity contribution in [2.75, 3.05) is 0 Å². The van der Waals surface area contributed by atoms with Gasteiger partial charge in [-0.1, -0.05) is 206 Å². The van der Waals surface area contributed by atoms with E-state index in [1.54, 1.807) is 0 Å². The van der Waals surface area contributed by atoms with Crippen LogP contribution in [0, 0.1) is 11.5 Å². The van der Waals surface area contributed by atoms with E-state index in [0.717, 1.165) is 18.0 Å². The van der Waals surface area contributed by atoms with E-state index in [1.165, 1.54) is 36.7 Å². The Hall–Kier alpha value is -5.47. The molecule has 0 aliphatic rings. The maximum absolute atomic E-state index is 4.03. The number of rotatable bonds is 9. The first-order valence-electron chi connectivity index (χ1n) is 16.7. The average molecular weight is 647 g/mol. The molecule has 0 N–H and O–H groups in total. The largest absolute Gasteiger partial charge is 0.230 e. The molecule has 7 aromatic carbocycles. The number of hydrogen-bond acceptors (Lipinski definition) is 0. The average Bonchev–Trinajstić information content (AvgIpc) is 3.18. The minimum absolute atomic E-state index is 0.937. The van der Waals surface area contributed by atoms with Crippen molar-refractivity contribution in [3.05, 3.63) is 217 Å². The molecule has 0 bridgehead atoms. The molecule has 0 saturated carbocycles. The lowest BCUT2D eigenvalue weighted by atomic mass is 10.1. The van der Waals surface area contributed by atoms with Crippen LogP contribution < -0.4 is 31.1 Å². The summed E-state index contributed by atoms with van der Waals surface area (Å²) in [6.07, 6.45) is 0.937. The summed E-state index contributed by atoms with van der Waals surface area (Å²) >= 11 is 0. The zero-order chi connectivity index (χ0) is 32.5. The fourth-order valence-electron chi connectivity index (χ4n) is 7.23. The second-order valence-corrected chi connectivity index (χ2v) is 19.8. The molecule has 48 heavy (non-hydrogen) atoms. The van der Waals surface area contributed by atoms with E-state index in [2.05, 4.69) is 218 Å². The van der Waals surface area contributed by atoms with E-state index >= 15 is 0 Å². The summed E-state index contributed by atoms with van der Waals surface area (Å²) in [7, 11) is -5.09. The number of benzene rings is 7. The summed E-state index contributed by atoms with van der Waals surface area (Å²) in [5.74, 6) is 3.83. The molecule has 0 radical (unpaired) electrons. The van der Waals surface area contributed by atoms with Gasteiger partial charge in [0.1, 0.15) is 8.07 Å². The highest BCUT2D eigenvalue weighted by Gasteiger charge is 2.40. The molecule has 0 nitrogen and oxygen atoms in total. The van der Waals surface area contributed by atoms with Gasteiger partial charge in [0.25, 0.3) is 0 Å². The van der Waals surface area contributed by atoms with Crippen LogP contribution in [0.2, 0.25) is 6.04 Å². The van der Waals surface area contributed by atoms with Crippen LogP contribution in [0.1, 0.15) is 11.1 Å². The Kier molecular flexibility index (Phi) is 9.43. The molecule has 0 spiro atoms. The summed E-state index contributed by atoms with van der Waals surface area (Å²) in [5.41, 5.74) is 6.46. The van der Waals surface area contributed by atoms with E-state index in [-0.39, 0.29) is 0 Å². The summed E-state index contributed by atoms with van der Waals surface area (Å²) in [5, 5.41) is 8.22. The topological polar surface area (TPSA) is 0 Å². The van der Waals surface area contributed by atoms with Gasteiger partial charge < -0.3 is 0 Å². The zero-order valence-corrected chi connectivity index (χ0v) is 29.0. The van der Waals surface area contributed by atoms with Gasteiger partial charge >= 0.3 is 0 Å². The Morgan fingerprint density at radius 3 is 1.02 bits per heavy atom. The molecule has 0 unspecified atom stereocenters. The lowest BCUT2D eigenvalue weighted by Crippen LogP contribution is -2.67. The molecule has 0 aliphatic heterocycles. The van der Waals surface area contributed by atoms with Crippen LogP contribution in [0.5, 0.6) is 0 Å². The van der Waals surface area contributed by atoms with Crippen molar-refractivity contribution < 1.29 is 0 Å². The Labute approximate surface area is 287 Å². The Morgan fingerprint density at radius 2 is 0.646 bits per heavy atom. The molecule has 0 aliphatic carbocycles. The van der Waals surface area contributed by atoms with Gasteiger partial charge in [0.2, 0.25) is 8.07 Å². The molecule has 7 aromatic rings. The van der Waals surface area contributed by atoms with Crippen molar-refractivity contribution in [2.24, 2.45) is 0 Å². The van der Waals surface area contributed by atoms with Gasteiger partial charge in [0.15, 0.2) is 0 Å². The number of hydrogen-bond donors (Lipinski definition) is 0. The Balaban J connectivity index is 1.37. The minimum Gasteiger partial charge on any atom is -0.109 e. The molecule has 0 atom stereocenters. The van der Waals surface area contributed by atoms with Gasteiger partial charge in [-0.3, -0.25) is 0 Å². The maximum atomic E-state index is 4.03. The molecule has 0 saturated heterocycles. The predicted molar refractivity (Wildman–Crippen MR) is 210 cm³/mol. The predicted octanol–water partition coefficient (Wildman–Crippen LogP) is 6.46. The standard InChI is InChI=1S/C46H38Si2/c1-7-23-41(24-8-1)47(42-25-9-2-10-26-42,43-27-11-3-12-28-43)37-35-39-21-19-20-22-40(39)36-38-48(44-29-13-4-14-30-44,45-31-15-5-16-32-45)46-33-17-6-18-34-46/h1-34H,35,37H2. The van der Waals surface area contributed by atoms with E-state index in [9.17, 15) is 0 Å². The minimum atomic E-state index is -2.70. The summed E-state index contributed by atoms with van der Waals surface area (Å²) in [4.78, 5) is 0. The zero-order valence-electron chi connectivity index (χ0n) is 27.0. The summed E-state index contributed by atoms with van der Waals surface area (Å²) < 4.78 is 0. The lowest BCUT2D eigenvalue weighted by Gasteiger charge is -2.34. The molecule has 2 heteroatoms. The van der Waals surface area contributed by atoms with E-state index in [1.807, 2.05) is 0 Å². The molecule has 0 aromatic heterocycles. The van der Waals surface area contributed by atoms with Crippen molar-refractivity contribution in [1.29, 1.82) is 0 Å². The van der Waals surface area contributed by atoms with Crippen LogP contribution in [0.3, 0.4) is 0 Å². The molecule has 230 valence electrons. The van der Waals surface area contributed by atoms with Crippen molar-refractivity contribution in [2.45, 2.75) is 12.5 Å². The van der Waals surface area contributed by atoms with Crippen LogP contribution in [-0.4, -0.2) is 16.1 Å². The maximum Gasteiger partial charge on any atom is 0.230 e. The normalized spacial score (nSPS) is 11.3. The van der Waals surface area contributed by atoms with Crippen LogP contribution in [0.15, 0.2) is 206 Å². The van der Waals surface area contributed by atoms with Gasteiger partial charge in [-0.05, 0) is 55.2 Å². The highest BCUT2D eigenvalue weighted by atomic mass is 28.3. The van der Waals surface area contributed by atoms with Crippen molar-refractivity contribution in [3.63, 3.8) is 0 Å². The highest BCUT2D eigenvalue weighted by molar-refractivity contribution is 7.16. The monoisotopic (exact) mass is 646 g/mol. The smallest absolute Gasteiger partial charge is 0.109 e. The Bertz CT molecular complexity index is 1910. The van der Waals surface area contributed by atoms with Crippen LogP contribution in [0.4, 0.5) is 0 Å². The first-order chi connectivity index (χ1) is 23.8. The van der Waals surface area contributed by atoms with Gasteiger partial charge in [0, 0.05) is 5.56 Å². The van der Waals surface area contributed by atoms with Crippen molar-refractivity contribution in [1.82, 2.24) is 0 Å². The third kappa shape index (κ3) is 6.15. The van der Waals surface area contributed by atoms with Crippen LogP contribution in [-0.2, 0) is 6.42 Å². The quantitative estimate of drug-likeness (QED) is 0.0960. The van der Waals surface area contributed by atoms with E-state index in [0.29, 0.717) is 0 Å².